The molecule has 0 aliphatic carbocycles. The number of aryl methyl sites for hydroxylation is 1. The Balaban J connectivity index is 1.92. The highest BCUT2D eigenvalue weighted by Gasteiger charge is 2.08. The first-order valence-electron chi connectivity index (χ1n) is 5.96. The summed E-state index contributed by atoms with van der Waals surface area (Å²) >= 11 is 0. The molecule has 0 atom stereocenters. The van der Waals surface area contributed by atoms with Crippen LogP contribution in [0.3, 0.4) is 0 Å². The van der Waals surface area contributed by atoms with Crippen molar-refractivity contribution < 1.29 is 0 Å². The van der Waals surface area contributed by atoms with Crippen molar-refractivity contribution in [3.05, 3.63) is 58.3 Å². The summed E-state index contributed by atoms with van der Waals surface area (Å²) in [4.78, 5) is 16.2. The minimum Gasteiger partial charge on any atom is -0.378 e. The molecule has 3 rings (SSSR count). The molecule has 3 aromatic rings. The number of H-pyrrole nitrogens is 1. The normalized spacial score (nSPS) is 10.8. The standard InChI is InChI=1S/C13H13N5O/c1-9-7-12(19)18-11(16-17-13(18)15-9)8-14-10-5-3-2-4-6-10/h2-7,14H,8H2,1H3,(H,15,17). The Bertz CT molecular complexity index is 760. The molecule has 0 saturated carbocycles. The lowest BCUT2D eigenvalue weighted by molar-refractivity contribution is 0.894. The van der Waals surface area contributed by atoms with Gasteiger partial charge < -0.3 is 5.32 Å². The molecule has 6 nitrogen and oxygen atoms in total. The molecule has 0 unspecified atom stereocenters. The fourth-order valence-corrected chi connectivity index (χ4v) is 1.94. The van der Waals surface area contributed by atoms with E-state index in [0.29, 0.717) is 23.8 Å². The molecule has 1 aromatic carbocycles. The maximum Gasteiger partial charge on any atom is 0.260 e. The topological polar surface area (TPSA) is 75.1 Å². The number of hydrogen-bond acceptors (Lipinski definition) is 4. The Morgan fingerprint density at radius 3 is 2.89 bits per heavy atom. The van der Waals surface area contributed by atoms with Crippen LogP contribution in [0.15, 0.2) is 41.2 Å². The number of benzene rings is 1. The quantitative estimate of drug-likeness (QED) is 0.740. The summed E-state index contributed by atoms with van der Waals surface area (Å²) in [7, 11) is 0. The molecular formula is C13H13N5O. The number of aromatic amines is 1. The fraction of sp³-hybridized carbons (Fsp3) is 0.154. The van der Waals surface area contributed by atoms with Gasteiger partial charge in [0, 0.05) is 17.4 Å². The molecule has 0 saturated heterocycles. The molecule has 96 valence electrons. The summed E-state index contributed by atoms with van der Waals surface area (Å²) in [5.74, 6) is 1.08. The van der Waals surface area contributed by atoms with Crippen molar-refractivity contribution in [2.45, 2.75) is 13.5 Å². The van der Waals surface area contributed by atoms with E-state index in [1.54, 1.807) is 6.92 Å². The predicted octanol–water partition coefficient (Wildman–Crippen LogP) is 1.34. The second-order valence-electron chi connectivity index (χ2n) is 4.25. The second-order valence-corrected chi connectivity index (χ2v) is 4.25. The zero-order valence-electron chi connectivity index (χ0n) is 10.4. The van der Waals surface area contributed by atoms with Crippen LogP contribution < -0.4 is 10.9 Å². The van der Waals surface area contributed by atoms with Crippen molar-refractivity contribution in [1.29, 1.82) is 0 Å². The zero-order valence-corrected chi connectivity index (χ0v) is 10.4. The average Bonchev–Trinajstić information content (AvgIpc) is 2.81. The third-order valence-electron chi connectivity index (χ3n) is 2.81. The molecule has 0 spiro atoms. The predicted molar refractivity (Wildman–Crippen MR) is 72.1 cm³/mol. The van der Waals surface area contributed by atoms with E-state index in [9.17, 15) is 4.79 Å². The fourth-order valence-electron chi connectivity index (χ4n) is 1.94. The van der Waals surface area contributed by atoms with Crippen LogP contribution in [0.2, 0.25) is 0 Å². The molecule has 2 aromatic heterocycles. The summed E-state index contributed by atoms with van der Waals surface area (Å²) in [6, 6.07) is 11.3. The van der Waals surface area contributed by atoms with E-state index < -0.39 is 0 Å². The van der Waals surface area contributed by atoms with Crippen molar-refractivity contribution in [3.63, 3.8) is 0 Å². The summed E-state index contributed by atoms with van der Waals surface area (Å²) in [5.41, 5.74) is 1.53. The third kappa shape index (κ3) is 2.20. The van der Waals surface area contributed by atoms with Crippen LogP contribution in [0.4, 0.5) is 5.69 Å². The van der Waals surface area contributed by atoms with Crippen LogP contribution in [0.25, 0.3) is 5.78 Å². The van der Waals surface area contributed by atoms with Gasteiger partial charge in [-0.15, -0.1) is 0 Å². The molecule has 0 amide bonds. The molecule has 0 aliphatic rings. The van der Waals surface area contributed by atoms with Gasteiger partial charge in [0.05, 0.1) is 6.54 Å². The Kier molecular flexibility index (Phi) is 2.75. The summed E-state index contributed by atoms with van der Waals surface area (Å²) in [6.07, 6.45) is 0. The lowest BCUT2D eigenvalue weighted by Crippen LogP contribution is -2.17. The van der Waals surface area contributed by atoms with Crippen molar-refractivity contribution in [2.24, 2.45) is 0 Å². The number of aromatic nitrogens is 4. The number of rotatable bonds is 3. The van der Waals surface area contributed by atoms with Gasteiger partial charge in [0.2, 0.25) is 5.78 Å². The monoisotopic (exact) mass is 255 g/mol. The summed E-state index contributed by atoms with van der Waals surface area (Å²) in [6.45, 7) is 2.23. The van der Waals surface area contributed by atoms with E-state index in [1.807, 2.05) is 30.3 Å². The highest BCUT2D eigenvalue weighted by molar-refractivity contribution is 5.42. The van der Waals surface area contributed by atoms with Gasteiger partial charge in [-0.05, 0) is 19.1 Å². The smallest absolute Gasteiger partial charge is 0.260 e. The van der Waals surface area contributed by atoms with Crippen LogP contribution in [-0.2, 0) is 6.54 Å². The zero-order chi connectivity index (χ0) is 13.2. The van der Waals surface area contributed by atoms with Gasteiger partial charge in [0.1, 0.15) is 0 Å². The molecule has 2 N–H and O–H groups in total. The number of nitrogens with zero attached hydrogens (tertiary/aromatic N) is 3. The van der Waals surface area contributed by atoms with Crippen LogP contribution in [0.5, 0.6) is 0 Å². The van der Waals surface area contributed by atoms with Gasteiger partial charge in [-0.1, -0.05) is 18.2 Å². The number of para-hydroxylation sites is 1. The molecule has 0 radical (unpaired) electrons. The van der Waals surface area contributed by atoms with Crippen molar-refractivity contribution in [3.8, 4) is 0 Å². The first kappa shape index (κ1) is 11.5. The number of fused-ring (bicyclic) bond motifs is 1. The van der Waals surface area contributed by atoms with Crippen LogP contribution in [-0.4, -0.2) is 19.6 Å². The van der Waals surface area contributed by atoms with Crippen LogP contribution >= 0.6 is 0 Å². The van der Waals surface area contributed by atoms with Gasteiger partial charge in [-0.2, -0.15) is 5.10 Å². The Labute approximate surface area is 109 Å². The third-order valence-corrected chi connectivity index (χ3v) is 2.81. The van der Waals surface area contributed by atoms with E-state index in [2.05, 4.69) is 20.5 Å². The molecule has 0 bridgehead atoms. The SMILES string of the molecule is Cc1cc(=O)n2c(CNc3ccccc3)n[nH]c2n1. The molecule has 6 heteroatoms. The lowest BCUT2D eigenvalue weighted by Gasteiger charge is -2.04. The summed E-state index contributed by atoms with van der Waals surface area (Å²) < 4.78 is 1.48. The van der Waals surface area contributed by atoms with Gasteiger partial charge in [0.25, 0.3) is 5.56 Å². The minimum absolute atomic E-state index is 0.124. The number of nitrogens with one attached hydrogen (secondary N) is 2. The van der Waals surface area contributed by atoms with Gasteiger partial charge in [-0.25, -0.2) is 14.5 Å². The van der Waals surface area contributed by atoms with Crippen molar-refractivity contribution in [2.75, 3.05) is 5.32 Å². The first-order valence-corrected chi connectivity index (χ1v) is 5.96. The molecular weight excluding hydrogens is 242 g/mol. The largest absolute Gasteiger partial charge is 0.378 e. The number of hydrogen-bond donors (Lipinski definition) is 2. The van der Waals surface area contributed by atoms with E-state index in [4.69, 9.17) is 0 Å². The maximum atomic E-state index is 11.9. The van der Waals surface area contributed by atoms with Gasteiger partial charge >= 0.3 is 0 Å². The van der Waals surface area contributed by atoms with Crippen molar-refractivity contribution >= 4 is 11.5 Å². The average molecular weight is 255 g/mol. The molecule has 0 fully saturated rings. The number of anilines is 1. The Morgan fingerprint density at radius 2 is 2.11 bits per heavy atom. The minimum atomic E-state index is -0.124. The highest BCUT2D eigenvalue weighted by atomic mass is 16.1. The van der Waals surface area contributed by atoms with E-state index >= 15 is 0 Å². The van der Waals surface area contributed by atoms with Gasteiger partial charge in [-0.3, -0.25) is 4.79 Å². The van der Waals surface area contributed by atoms with Crippen LogP contribution in [0.1, 0.15) is 11.5 Å². The van der Waals surface area contributed by atoms with E-state index in [1.165, 1.54) is 10.5 Å². The second kappa shape index (κ2) is 4.56. The lowest BCUT2D eigenvalue weighted by atomic mass is 10.3. The van der Waals surface area contributed by atoms with Crippen LogP contribution in [0, 0.1) is 6.92 Å². The van der Waals surface area contributed by atoms with E-state index in [0.717, 1.165) is 5.69 Å². The Morgan fingerprint density at radius 1 is 1.32 bits per heavy atom. The Hall–Kier alpha value is -2.63. The maximum absolute atomic E-state index is 11.9. The molecule has 2 heterocycles. The first-order chi connectivity index (χ1) is 9.24. The highest BCUT2D eigenvalue weighted by Crippen LogP contribution is 2.07. The molecule has 19 heavy (non-hydrogen) atoms. The van der Waals surface area contributed by atoms with Crippen molar-refractivity contribution in [1.82, 2.24) is 19.6 Å². The van der Waals surface area contributed by atoms with E-state index in [-0.39, 0.29) is 5.56 Å². The summed E-state index contributed by atoms with van der Waals surface area (Å²) in [5, 5.41) is 10.1. The molecule has 0 aliphatic heterocycles. The van der Waals surface area contributed by atoms with Gasteiger partial charge in [0.15, 0.2) is 5.82 Å².